The third-order valence-corrected chi connectivity index (χ3v) is 5.86. The van der Waals surface area contributed by atoms with Gasteiger partial charge in [0.25, 0.3) is 0 Å². The fourth-order valence-corrected chi connectivity index (χ4v) is 3.94. The molecule has 1 atom stereocenters. The van der Waals surface area contributed by atoms with Crippen LogP contribution < -0.4 is 29.6 Å². The molecular weight excluding hydrogens is 371 g/mol. The molecule has 0 fully saturated rings. The monoisotopic (exact) mass is 414 g/mol. The van der Waals surface area contributed by atoms with Crippen LogP contribution in [0.5, 0.6) is 0 Å². The molecule has 4 nitrogen and oxygen atoms in total. The molecule has 0 aromatic rings. The predicted octanol–water partition coefficient (Wildman–Crippen LogP) is 2.94. The molecule has 0 aliphatic carbocycles. The van der Waals surface area contributed by atoms with Gasteiger partial charge in [-0.3, -0.25) is 0 Å². The molecule has 6 heteroatoms. The van der Waals surface area contributed by atoms with Gasteiger partial charge in [0.15, 0.2) is 0 Å². The van der Waals surface area contributed by atoms with Crippen LogP contribution in [0.2, 0.25) is 0 Å². The van der Waals surface area contributed by atoms with Crippen LogP contribution in [0, 0.1) is 0 Å². The first-order valence-electron chi connectivity index (χ1n) is 11.1. The summed E-state index contributed by atoms with van der Waals surface area (Å²) in [4.78, 5) is 0. The molecule has 0 saturated heterocycles. The summed E-state index contributed by atoms with van der Waals surface area (Å²) < 4.78 is 31.4. The third kappa shape index (κ3) is 26.9. The van der Waals surface area contributed by atoms with Crippen molar-refractivity contribution in [3.05, 3.63) is 0 Å². The van der Waals surface area contributed by atoms with E-state index in [1.54, 1.807) is 0 Å². The number of rotatable bonds is 20. The van der Waals surface area contributed by atoms with Crippen LogP contribution in [0.15, 0.2) is 0 Å². The molecular formula is C21H43NaO4S. The van der Waals surface area contributed by atoms with Crippen LogP contribution in [0.1, 0.15) is 122 Å². The molecule has 0 bridgehead atoms. The van der Waals surface area contributed by atoms with E-state index in [4.69, 9.17) is 0 Å². The second kappa shape index (κ2) is 21.6. The van der Waals surface area contributed by atoms with Crippen LogP contribution >= 0.6 is 0 Å². The molecule has 0 amide bonds. The summed E-state index contributed by atoms with van der Waals surface area (Å²) in [5, 5.41) is 9.98. The van der Waals surface area contributed by atoms with Crippen molar-refractivity contribution in [1.82, 2.24) is 0 Å². The van der Waals surface area contributed by atoms with Crippen molar-refractivity contribution < 1.29 is 47.6 Å². The first kappa shape index (κ1) is 30.1. The van der Waals surface area contributed by atoms with Gasteiger partial charge in [0.1, 0.15) is 0 Å². The fourth-order valence-electron chi connectivity index (χ4n) is 3.38. The van der Waals surface area contributed by atoms with Gasteiger partial charge in [-0.1, -0.05) is 103 Å². The summed E-state index contributed by atoms with van der Waals surface area (Å²) in [6, 6.07) is 0. The maximum Gasteiger partial charge on any atom is 1.00 e. The van der Waals surface area contributed by atoms with Crippen molar-refractivity contribution in [2.24, 2.45) is 0 Å². The average molecular weight is 415 g/mol. The summed E-state index contributed by atoms with van der Waals surface area (Å²) in [6.07, 6.45) is 20.4. The minimum atomic E-state index is -4.05. The van der Waals surface area contributed by atoms with E-state index < -0.39 is 10.1 Å². The summed E-state index contributed by atoms with van der Waals surface area (Å²) in [6.45, 7) is 2.26. The Morgan fingerprint density at radius 1 is 0.667 bits per heavy atom. The van der Waals surface area contributed by atoms with Gasteiger partial charge >= 0.3 is 29.6 Å². The molecule has 0 spiro atoms. The Bertz CT molecular complexity index is 388. The number of unbranched alkanes of at least 4 members (excludes halogenated alkanes) is 14. The third-order valence-electron chi connectivity index (χ3n) is 5.07. The van der Waals surface area contributed by atoms with Crippen molar-refractivity contribution in [3.63, 3.8) is 0 Å². The van der Waals surface area contributed by atoms with Crippen molar-refractivity contribution in [2.75, 3.05) is 5.75 Å². The molecule has 0 radical (unpaired) electrons. The van der Waals surface area contributed by atoms with Crippen LogP contribution in [-0.4, -0.2) is 29.9 Å². The molecule has 0 rings (SSSR count). The second-order valence-electron chi connectivity index (χ2n) is 7.80. The van der Waals surface area contributed by atoms with Gasteiger partial charge in [0, 0.05) is 5.75 Å². The maximum absolute atomic E-state index is 10.5. The van der Waals surface area contributed by atoms with Gasteiger partial charge in [-0.05, 0) is 19.3 Å². The molecule has 1 N–H and O–H groups in total. The Kier molecular flexibility index (Phi) is 24.0. The Labute approximate surface area is 191 Å². The van der Waals surface area contributed by atoms with E-state index in [1.165, 1.54) is 64.2 Å². The Hall–Kier alpha value is 0.870. The topological polar surface area (TPSA) is 77.4 Å². The van der Waals surface area contributed by atoms with E-state index in [2.05, 4.69) is 6.92 Å². The zero-order valence-corrected chi connectivity index (χ0v) is 20.9. The molecule has 0 aromatic heterocycles. The standard InChI is InChI=1S/C21H44O4S.Na/c1-2-3-4-5-6-7-8-9-10-12-15-18-21(22)19-16-13-11-14-17-20-26(23,24)25;/h21-22H,2-20H2,1H3,(H,23,24,25);/q;+1/p-1. The number of hydrogen-bond donors (Lipinski definition) is 1. The first-order valence-corrected chi connectivity index (χ1v) is 12.6. The van der Waals surface area contributed by atoms with Gasteiger partial charge < -0.3 is 9.66 Å². The summed E-state index contributed by atoms with van der Waals surface area (Å²) in [7, 11) is -4.05. The minimum Gasteiger partial charge on any atom is -0.748 e. The molecule has 158 valence electrons. The van der Waals surface area contributed by atoms with Gasteiger partial charge in [-0.2, -0.15) is 0 Å². The zero-order chi connectivity index (χ0) is 19.5. The summed E-state index contributed by atoms with van der Waals surface area (Å²) in [5.74, 6) is -0.242. The quantitative estimate of drug-likeness (QED) is 0.189. The molecule has 0 aromatic carbocycles. The van der Waals surface area contributed by atoms with Crippen LogP contribution in [0.25, 0.3) is 0 Å². The van der Waals surface area contributed by atoms with E-state index in [9.17, 15) is 18.1 Å². The molecule has 0 saturated carbocycles. The van der Waals surface area contributed by atoms with Crippen molar-refractivity contribution >= 4 is 10.1 Å². The first-order chi connectivity index (χ1) is 12.5. The van der Waals surface area contributed by atoms with E-state index in [1.807, 2.05) is 0 Å². The number of aliphatic hydroxyl groups excluding tert-OH is 1. The molecule has 1 unspecified atom stereocenters. The van der Waals surface area contributed by atoms with E-state index in [0.29, 0.717) is 6.42 Å². The minimum absolute atomic E-state index is 0. The normalized spacial score (nSPS) is 12.7. The van der Waals surface area contributed by atoms with Crippen LogP contribution in [0.3, 0.4) is 0 Å². The van der Waals surface area contributed by atoms with Gasteiger partial charge in [-0.25, -0.2) is 8.42 Å². The van der Waals surface area contributed by atoms with Crippen LogP contribution in [0.4, 0.5) is 0 Å². The fraction of sp³-hybridized carbons (Fsp3) is 1.00. The number of aliphatic hydroxyl groups is 1. The van der Waals surface area contributed by atoms with Crippen molar-refractivity contribution in [3.8, 4) is 0 Å². The maximum atomic E-state index is 10.5. The Morgan fingerprint density at radius 3 is 1.37 bits per heavy atom. The predicted molar refractivity (Wildman–Crippen MR) is 109 cm³/mol. The summed E-state index contributed by atoms with van der Waals surface area (Å²) >= 11 is 0. The van der Waals surface area contributed by atoms with E-state index in [0.717, 1.165) is 44.9 Å². The van der Waals surface area contributed by atoms with E-state index >= 15 is 0 Å². The smallest absolute Gasteiger partial charge is 0.748 e. The average Bonchev–Trinajstić information content (AvgIpc) is 2.58. The zero-order valence-electron chi connectivity index (χ0n) is 18.1. The molecule has 0 heterocycles. The van der Waals surface area contributed by atoms with Gasteiger partial charge in [-0.15, -0.1) is 0 Å². The van der Waals surface area contributed by atoms with Crippen molar-refractivity contribution in [1.29, 1.82) is 0 Å². The summed E-state index contributed by atoms with van der Waals surface area (Å²) in [5.41, 5.74) is 0. The Morgan fingerprint density at radius 2 is 1.00 bits per heavy atom. The van der Waals surface area contributed by atoms with Gasteiger partial charge in [0.05, 0.1) is 16.2 Å². The van der Waals surface area contributed by atoms with Crippen LogP contribution in [-0.2, 0) is 10.1 Å². The molecule has 0 aliphatic rings. The molecule has 0 aliphatic heterocycles. The SMILES string of the molecule is CCCCCCCCCCCCCC(O)CCCCCCCS(=O)(=O)[O-].[Na+]. The number of hydrogen-bond acceptors (Lipinski definition) is 4. The molecule has 27 heavy (non-hydrogen) atoms. The van der Waals surface area contributed by atoms with Gasteiger partial charge in [0.2, 0.25) is 0 Å². The Balaban J connectivity index is 0. The largest absolute Gasteiger partial charge is 1.00 e. The second-order valence-corrected chi connectivity index (χ2v) is 9.32. The van der Waals surface area contributed by atoms with E-state index in [-0.39, 0.29) is 41.4 Å². The van der Waals surface area contributed by atoms with Crippen molar-refractivity contribution in [2.45, 2.75) is 129 Å².